The van der Waals surface area contributed by atoms with E-state index in [1.54, 1.807) is 24.3 Å². The highest BCUT2D eigenvalue weighted by Gasteiger charge is 2.40. The molecule has 1 heterocycles. The number of carbonyl (C=O) groups excluding carboxylic acids is 1. The number of benzene rings is 4. The minimum atomic E-state index is -5.03. The number of alkyl halides is 3. The van der Waals surface area contributed by atoms with Crippen molar-refractivity contribution in [2.24, 2.45) is 0 Å². The van der Waals surface area contributed by atoms with Gasteiger partial charge in [0.25, 0.3) is 11.7 Å². The van der Waals surface area contributed by atoms with Gasteiger partial charge in [-0.05, 0) is 72.8 Å². The maximum atomic E-state index is 13.8. The van der Waals surface area contributed by atoms with Crippen molar-refractivity contribution in [2.75, 3.05) is 19.0 Å². The summed E-state index contributed by atoms with van der Waals surface area (Å²) < 4.78 is 68.1. The van der Waals surface area contributed by atoms with E-state index in [0.717, 1.165) is 6.07 Å². The van der Waals surface area contributed by atoms with E-state index >= 15 is 0 Å². The Balaban J connectivity index is 1.28. The van der Waals surface area contributed by atoms with Crippen LogP contribution in [0.2, 0.25) is 0 Å². The van der Waals surface area contributed by atoms with Gasteiger partial charge in [0.2, 0.25) is 11.2 Å². The summed E-state index contributed by atoms with van der Waals surface area (Å²) in [6.07, 6.45) is -5.03. The highest BCUT2D eigenvalue weighted by atomic mass is 19.4. The third-order valence-electron chi connectivity index (χ3n) is 5.85. The monoisotopic (exact) mass is 577 g/mol. The van der Waals surface area contributed by atoms with Crippen molar-refractivity contribution in [3.8, 4) is 34.5 Å². The number of hydrogen-bond acceptors (Lipinski definition) is 7. The first-order valence-electron chi connectivity index (χ1n) is 12.5. The van der Waals surface area contributed by atoms with Gasteiger partial charge in [0, 0.05) is 11.8 Å². The molecule has 0 aliphatic heterocycles. The second kappa shape index (κ2) is 12.0. The van der Waals surface area contributed by atoms with Gasteiger partial charge in [0.15, 0.2) is 6.61 Å². The van der Waals surface area contributed by atoms with Crippen LogP contribution in [-0.2, 0) is 11.0 Å². The first-order chi connectivity index (χ1) is 20.2. The molecule has 1 amide bonds. The Kier molecular flexibility index (Phi) is 8.00. The zero-order valence-corrected chi connectivity index (χ0v) is 21.9. The average Bonchev–Trinajstić information content (AvgIpc) is 2.98. The predicted molar refractivity (Wildman–Crippen MR) is 148 cm³/mol. The summed E-state index contributed by atoms with van der Waals surface area (Å²) >= 11 is 0. The molecule has 1 aromatic heterocycles. The van der Waals surface area contributed by atoms with Gasteiger partial charge in [-0.25, -0.2) is 0 Å². The number of methoxy groups -OCH3 is 1. The van der Waals surface area contributed by atoms with Gasteiger partial charge in [0.1, 0.15) is 34.3 Å². The Labute approximate surface area is 236 Å². The minimum absolute atomic E-state index is 0.0164. The molecule has 4 aromatic carbocycles. The molecule has 0 radical (unpaired) electrons. The molecule has 0 spiro atoms. The molecule has 214 valence electrons. The second-order valence-corrected chi connectivity index (χ2v) is 8.80. The molecule has 5 rings (SSSR count). The molecule has 0 saturated carbocycles. The fourth-order valence-electron chi connectivity index (χ4n) is 3.86. The highest BCUT2D eigenvalue weighted by molar-refractivity contribution is 5.92. The molecule has 42 heavy (non-hydrogen) atoms. The number of rotatable bonds is 9. The van der Waals surface area contributed by atoms with E-state index in [0.29, 0.717) is 22.9 Å². The zero-order chi connectivity index (χ0) is 29.7. The van der Waals surface area contributed by atoms with Crippen LogP contribution in [0.15, 0.2) is 106 Å². The predicted octanol–water partition coefficient (Wildman–Crippen LogP) is 7.42. The van der Waals surface area contributed by atoms with Crippen LogP contribution in [0.1, 0.15) is 5.76 Å². The Morgan fingerprint density at radius 1 is 0.786 bits per heavy atom. The van der Waals surface area contributed by atoms with Crippen molar-refractivity contribution in [3.05, 3.63) is 113 Å². The number of hydrogen-bond donors (Lipinski definition) is 1. The van der Waals surface area contributed by atoms with Crippen LogP contribution in [0.3, 0.4) is 0 Å². The number of carbonyl (C=O) groups is 1. The van der Waals surface area contributed by atoms with Crippen molar-refractivity contribution in [3.63, 3.8) is 0 Å². The van der Waals surface area contributed by atoms with Gasteiger partial charge in [-0.1, -0.05) is 18.2 Å². The lowest BCUT2D eigenvalue weighted by atomic mass is 10.2. The van der Waals surface area contributed by atoms with Gasteiger partial charge in [-0.15, -0.1) is 0 Å². The van der Waals surface area contributed by atoms with Gasteiger partial charge < -0.3 is 28.7 Å². The lowest BCUT2D eigenvalue weighted by Crippen LogP contribution is -2.20. The molecule has 5 aromatic rings. The van der Waals surface area contributed by atoms with Crippen molar-refractivity contribution in [2.45, 2.75) is 6.18 Å². The van der Waals surface area contributed by atoms with Gasteiger partial charge in [0.05, 0.1) is 12.5 Å². The van der Waals surface area contributed by atoms with E-state index in [1.807, 2.05) is 30.3 Å². The second-order valence-electron chi connectivity index (χ2n) is 8.80. The Bertz CT molecular complexity index is 1750. The molecule has 1 N–H and O–H groups in total. The fourth-order valence-corrected chi connectivity index (χ4v) is 3.86. The molecule has 0 bridgehead atoms. The first-order valence-corrected chi connectivity index (χ1v) is 12.5. The summed E-state index contributed by atoms with van der Waals surface area (Å²) in [5.74, 6) is -1.44. The summed E-state index contributed by atoms with van der Waals surface area (Å²) in [6, 6.07) is 25.2. The smallest absolute Gasteiger partial charge is 0.453 e. The van der Waals surface area contributed by atoms with E-state index in [4.69, 9.17) is 23.4 Å². The van der Waals surface area contributed by atoms with E-state index in [2.05, 4.69) is 5.32 Å². The SMILES string of the molecule is COc1ccc(Oc2c(C(F)(F)F)oc3cc(OCC(=O)Nc4ccc(Oc5ccccc5)cc4)ccc3c2=O)cc1. The summed E-state index contributed by atoms with van der Waals surface area (Å²) in [5, 5.41) is 2.48. The third kappa shape index (κ3) is 6.64. The van der Waals surface area contributed by atoms with Gasteiger partial charge in [-0.2, -0.15) is 13.2 Å². The van der Waals surface area contributed by atoms with Crippen LogP contribution in [0, 0.1) is 0 Å². The highest BCUT2D eigenvalue weighted by Crippen LogP contribution is 2.39. The zero-order valence-electron chi connectivity index (χ0n) is 21.9. The quantitative estimate of drug-likeness (QED) is 0.195. The van der Waals surface area contributed by atoms with Crippen molar-refractivity contribution in [1.29, 1.82) is 0 Å². The molecule has 8 nitrogen and oxygen atoms in total. The number of amides is 1. The Morgan fingerprint density at radius 3 is 2.05 bits per heavy atom. The van der Waals surface area contributed by atoms with Crippen molar-refractivity contribution in [1.82, 2.24) is 0 Å². The Hall–Kier alpha value is -5.45. The van der Waals surface area contributed by atoms with Gasteiger partial charge in [-0.3, -0.25) is 9.59 Å². The van der Waals surface area contributed by atoms with Crippen LogP contribution < -0.4 is 29.7 Å². The lowest BCUT2D eigenvalue weighted by molar-refractivity contribution is -0.154. The van der Waals surface area contributed by atoms with E-state index in [-0.39, 0.29) is 22.5 Å². The van der Waals surface area contributed by atoms with Crippen LogP contribution in [0.4, 0.5) is 18.9 Å². The molecule has 0 atom stereocenters. The number of anilines is 1. The molecule has 0 fully saturated rings. The summed E-state index contributed by atoms with van der Waals surface area (Å²) in [4.78, 5) is 25.4. The molecule has 0 unspecified atom stereocenters. The van der Waals surface area contributed by atoms with E-state index < -0.39 is 35.6 Å². The van der Waals surface area contributed by atoms with Crippen molar-refractivity contribution >= 4 is 22.6 Å². The maximum Gasteiger partial charge on any atom is 0.453 e. The standard InChI is InChI=1S/C31H22F3NO7/c1-38-20-11-13-23(14-12-20)41-29-28(37)25-16-15-24(17-26(25)42-30(29)31(32,33)34)39-18-27(36)35-19-7-9-22(10-8-19)40-21-5-3-2-4-6-21/h2-17H,18H2,1H3,(H,35,36). The van der Waals surface area contributed by atoms with E-state index in [1.165, 1.54) is 43.5 Å². The molecule has 0 saturated heterocycles. The first kappa shape index (κ1) is 28.1. The van der Waals surface area contributed by atoms with Crippen LogP contribution in [0.5, 0.6) is 34.5 Å². The summed E-state index contributed by atoms with van der Waals surface area (Å²) in [6.45, 7) is -0.456. The number of halogens is 3. The van der Waals surface area contributed by atoms with Crippen LogP contribution in [-0.4, -0.2) is 19.6 Å². The van der Waals surface area contributed by atoms with E-state index in [9.17, 15) is 22.8 Å². The van der Waals surface area contributed by atoms with Crippen LogP contribution in [0.25, 0.3) is 11.0 Å². The number of fused-ring (bicyclic) bond motifs is 1. The van der Waals surface area contributed by atoms with Crippen LogP contribution >= 0.6 is 0 Å². The fraction of sp³-hybridized carbons (Fsp3) is 0.0968. The molecular weight excluding hydrogens is 555 g/mol. The molecular formula is C31H22F3NO7. The maximum absolute atomic E-state index is 13.8. The lowest BCUT2D eigenvalue weighted by Gasteiger charge is -2.14. The molecule has 0 aliphatic rings. The largest absolute Gasteiger partial charge is 0.497 e. The number of ether oxygens (including phenoxy) is 4. The molecule has 0 aliphatic carbocycles. The topological polar surface area (TPSA) is 96.2 Å². The normalized spacial score (nSPS) is 11.1. The summed E-state index contributed by atoms with van der Waals surface area (Å²) in [7, 11) is 1.43. The van der Waals surface area contributed by atoms with Crippen molar-refractivity contribution < 1.29 is 41.3 Å². The summed E-state index contributed by atoms with van der Waals surface area (Å²) in [5.41, 5.74) is -0.933. The number of para-hydroxylation sites is 1. The third-order valence-corrected chi connectivity index (χ3v) is 5.85. The minimum Gasteiger partial charge on any atom is -0.497 e. The number of nitrogens with one attached hydrogen (secondary N) is 1. The molecule has 11 heteroatoms. The van der Waals surface area contributed by atoms with Gasteiger partial charge >= 0.3 is 6.18 Å². The average molecular weight is 578 g/mol. The Morgan fingerprint density at radius 2 is 1.38 bits per heavy atom.